The van der Waals surface area contributed by atoms with Crippen molar-refractivity contribution in [3.05, 3.63) is 76.3 Å². The number of hydrogen-bond donors (Lipinski definition) is 1. The zero-order chi connectivity index (χ0) is 31.9. The monoisotopic (exact) mass is 651 g/mol. The molecule has 0 unspecified atom stereocenters. The van der Waals surface area contributed by atoms with Crippen LogP contribution >= 0.6 is 23.2 Å². The molecule has 0 radical (unpaired) electrons. The van der Waals surface area contributed by atoms with Gasteiger partial charge in [0, 0.05) is 28.7 Å². The van der Waals surface area contributed by atoms with Crippen molar-refractivity contribution in [1.82, 2.24) is 10.2 Å². The highest BCUT2D eigenvalue weighted by atomic mass is 35.5. The lowest BCUT2D eigenvalue weighted by Gasteiger charge is -2.32. The number of halogens is 2. The van der Waals surface area contributed by atoms with Crippen LogP contribution in [0.5, 0.6) is 17.2 Å². The Morgan fingerprint density at radius 3 is 1.98 bits per heavy atom. The van der Waals surface area contributed by atoms with Gasteiger partial charge in [-0.05, 0) is 68.8 Å². The average molecular weight is 653 g/mol. The number of anilines is 1. The van der Waals surface area contributed by atoms with Gasteiger partial charge in [-0.1, -0.05) is 35.3 Å². The Bertz CT molecular complexity index is 1550. The van der Waals surface area contributed by atoms with Gasteiger partial charge in [0.25, 0.3) is 10.0 Å². The smallest absolute Gasteiger partial charge is 0.265 e. The van der Waals surface area contributed by atoms with Crippen LogP contribution in [-0.2, 0) is 26.2 Å². The van der Waals surface area contributed by atoms with Crippen molar-refractivity contribution < 1.29 is 32.2 Å². The number of methoxy groups -OCH3 is 3. The van der Waals surface area contributed by atoms with Crippen molar-refractivity contribution >= 4 is 50.7 Å². The Morgan fingerprint density at radius 2 is 1.40 bits per heavy atom. The predicted octanol–water partition coefficient (Wildman–Crippen LogP) is 5.16. The number of rotatable bonds is 13. The molecule has 0 spiro atoms. The molecule has 10 nitrogen and oxygen atoms in total. The molecule has 43 heavy (non-hydrogen) atoms. The topological polar surface area (TPSA) is 114 Å². The van der Waals surface area contributed by atoms with E-state index in [9.17, 15) is 18.0 Å². The number of sulfonamides is 1. The van der Waals surface area contributed by atoms with Crippen LogP contribution in [0, 0.1) is 0 Å². The first-order chi connectivity index (χ1) is 20.3. The fourth-order valence-electron chi connectivity index (χ4n) is 4.25. The van der Waals surface area contributed by atoms with Gasteiger partial charge in [0.1, 0.15) is 18.3 Å². The summed E-state index contributed by atoms with van der Waals surface area (Å²) in [6.07, 6.45) is 0. The Labute approximate surface area is 262 Å². The van der Waals surface area contributed by atoms with Gasteiger partial charge in [-0.3, -0.25) is 13.9 Å². The molecule has 0 saturated carbocycles. The molecule has 3 aromatic carbocycles. The minimum atomic E-state index is -4.44. The molecule has 0 aromatic heterocycles. The maximum Gasteiger partial charge on any atom is 0.265 e. The molecule has 1 N–H and O–H groups in total. The third-order valence-electron chi connectivity index (χ3n) is 6.50. The SMILES string of the molecule is COc1ccc(S(=O)(=O)N(CC(=O)N(Cc2ccc(Cl)cc2)[C@H](C)C(=O)NC(C)C)c2cc(Cl)ccc2OC)cc1OC. The predicted molar refractivity (Wildman–Crippen MR) is 167 cm³/mol. The third kappa shape index (κ3) is 8.25. The van der Waals surface area contributed by atoms with E-state index in [0.717, 1.165) is 4.31 Å². The highest BCUT2D eigenvalue weighted by Crippen LogP contribution is 2.37. The van der Waals surface area contributed by atoms with Gasteiger partial charge in [-0.2, -0.15) is 0 Å². The lowest BCUT2D eigenvalue weighted by molar-refractivity contribution is -0.139. The number of carbonyl (C=O) groups excluding carboxylic acids is 2. The van der Waals surface area contributed by atoms with Crippen LogP contribution in [0.15, 0.2) is 65.6 Å². The molecule has 13 heteroatoms. The van der Waals surface area contributed by atoms with Crippen LogP contribution in [0.3, 0.4) is 0 Å². The van der Waals surface area contributed by atoms with Crippen molar-refractivity contribution in [3.8, 4) is 17.2 Å². The van der Waals surface area contributed by atoms with Crippen molar-refractivity contribution in [3.63, 3.8) is 0 Å². The first-order valence-electron chi connectivity index (χ1n) is 13.2. The molecule has 0 aliphatic rings. The zero-order valence-corrected chi connectivity index (χ0v) is 27.1. The lowest BCUT2D eigenvalue weighted by Crippen LogP contribution is -2.52. The molecule has 232 valence electrons. The van der Waals surface area contributed by atoms with Crippen molar-refractivity contribution in [1.29, 1.82) is 0 Å². The minimum absolute atomic E-state index is 0.0135. The summed E-state index contributed by atoms with van der Waals surface area (Å²) in [4.78, 5) is 28.3. The van der Waals surface area contributed by atoms with E-state index in [4.69, 9.17) is 37.4 Å². The van der Waals surface area contributed by atoms with E-state index < -0.39 is 34.4 Å². The number of amides is 2. The fourth-order valence-corrected chi connectivity index (χ4v) is 5.97. The summed E-state index contributed by atoms with van der Waals surface area (Å²) in [6.45, 7) is 4.52. The fraction of sp³-hybridized carbons (Fsp3) is 0.333. The largest absolute Gasteiger partial charge is 0.495 e. The Hall–Kier alpha value is -3.67. The second-order valence-corrected chi connectivity index (χ2v) is 12.6. The Balaban J connectivity index is 2.14. The standard InChI is InChI=1S/C30H35Cl2N3O7S/c1-19(2)33-30(37)20(3)34(17-21-7-9-22(31)10-8-21)29(36)18-35(25-15-23(32)11-13-26(25)40-4)43(38,39)24-12-14-27(41-5)28(16-24)42-6/h7-16,19-20H,17-18H2,1-6H3,(H,33,37)/t20-/m1/s1. The maximum atomic E-state index is 14.2. The van der Waals surface area contributed by atoms with Crippen molar-refractivity contribution in [2.45, 2.75) is 44.3 Å². The first-order valence-corrected chi connectivity index (χ1v) is 15.4. The normalized spacial score (nSPS) is 11.9. The minimum Gasteiger partial charge on any atom is -0.495 e. The molecule has 0 fully saturated rings. The van der Waals surface area contributed by atoms with Crippen molar-refractivity contribution in [2.75, 3.05) is 32.2 Å². The van der Waals surface area contributed by atoms with Gasteiger partial charge in [-0.15, -0.1) is 0 Å². The van der Waals surface area contributed by atoms with E-state index in [1.807, 2.05) is 0 Å². The molecule has 2 amide bonds. The van der Waals surface area contributed by atoms with E-state index in [1.54, 1.807) is 45.0 Å². The number of nitrogens with one attached hydrogen (secondary N) is 1. The average Bonchev–Trinajstić information content (AvgIpc) is 2.98. The molecule has 3 rings (SSSR count). The van der Waals surface area contributed by atoms with Crippen LogP contribution in [0.2, 0.25) is 10.0 Å². The first kappa shape index (κ1) is 33.8. The summed E-state index contributed by atoms with van der Waals surface area (Å²) < 4.78 is 45.4. The summed E-state index contributed by atoms with van der Waals surface area (Å²) in [5.41, 5.74) is 0.723. The van der Waals surface area contributed by atoms with Gasteiger partial charge in [0.05, 0.1) is 31.9 Å². The number of carbonyl (C=O) groups is 2. The summed E-state index contributed by atoms with van der Waals surface area (Å²) in [6, 6.07) is 14.2. The number of hydrogen-bond acceptors (Lipinski definition) is 7. The highest BCUT2D eigenvalue weighted by Gasteiger charge is 2.34. The Kier molecular flexibility index (Phi) is 11.5. The second-order valence-electron chi connectivity index (χ2n) is 9.83. The zero-order valence-electron chi connectivity index (χ0n) is 24.8. The molecule has 3 aromatic rings. The number of benzene rings is 3. The van der Waals surface area contributed by atoms with E-state index in [0.29, 0.717) is 16.3 Å². The summed E-state index contributed by atoms with van der Waals surface area (Å²) in [7, 11) is -0.251. The van der Waals surface area contributed by atoms with Gasteiger partial charge >= 0.3 is 0 Å². The number of nitrogens with zero attached hydrogens (tertiary/aromatic N) is 2. The van der Waals surface area contributed by atoms with Crippen LogP contribution < -0.4 is 23.8 Å². The third-order valence-corrected chi connectivity index (χ3v) is 8.74. The summed E-state index contributed by atoms with van der Waals surface area (Å²) in [5.74, 6) is -0.379. The molecule has 0 aliphatic carbocycles. The quantitative estimate of drug-likeness (QED) is 0.272. The molecule has 0 aliphatic heterocycles. The van der Waals surface area contributed by atoms with E-state index in [1.165, 1.54) is 62.6 Å². The molecule has 0 bridgehead atoms. The van der Waals surface area contributed by atoms with Gasteiger partial charge in [0.2, 0.25) is 11.8 Å². The maximum absolute atomic E-state index is 14.2. The van der Waals surface area contributed by atoms with Crippen LogP contribution in [0.25, 0.3) is 0 Å². The van der Waals surface area contributed by atoms with Gasteiger partial charge < -0.3 is 24.4 Å². The van der Waals surface area contributed by atoms with E-state index in [-0.39, 0.29) is 39.7 Å². The van der Waals surface area contributed by atoms with E-state index >= 15 is 0 Å². The summed E-state index contributed by atoms with van der Waals surface area (Å²) in [5, 5.41) is 3.54. The van der Waals surface area contributed by atoms with Gasteiger partial charge in [-0.25, -0.2) is 8.42 Å². The van der Waals surface area contributed by atoms with Gasteiger partial charge in [0.15, 0.2) is 11.5 Å². The second kappa shape index (κ2) is 14.7. The van der Waals surface area contributed by atoms with Crippen LogP contribution in [0.4, 0.5) is 5.69 Å². The van der Waals surface area contributed by atoms with E-state index in [2.05, 4.69) is 5.32 Å². The van der Waals surface area contributed by atoms with Crippen molar-refractivity contribution in [2.24, 2.45) is 0 Å². The molecular formula is C30H35Cl2N3O7S. The lowest BCUT2D eigenvalue weighted by atomic mass is 10.1. The number of ether oxygens (including phenoxy) is 3. The summed E-state index contributed by atoms with van der Waals surface area (Å²) >= 11 is 12.3. The van der Waals surface area contributed by atoms with Crippen LogP contribution in [-0.4, -0.2) is 65.1 Å². The molecule has 1 atom stereocenters. The Morgan fingerprint density at radius 1 is 0.814 bits per heavy atom. The molecular weight excluding hydrogens is 617 g/mol. The van der Waals surface area contributed by atoms with Crippen LogP contribution in [0.1, 0.15) is 26.3 Å². The molecule has 0 heterocycles. The highest BCUT2D eigenvalue weighted by molar-refractivity contribution is 7.92. The molecule has 0 saturated heterocycles.